The van der Waals surface area contributed by atoms with Gasteiger partial charge in [-0.1, -0.05) is 12.1 Å². The molecule has 4 rings (SSSR count). The van der Waals surface area contributed by atoms with Gasteiger partial charge in [0.25, 0.3) is 5.91 Å². The van der Waals surface area contributed by atoms with E-state index in [1.165, 1.54) is 0 Å². The maximum absolute atomic E-state index is 13.8. The molecule has 2 aromatic heterocycles. The highest BCUT2D eigenvalue weighted by molar-refractivity contribution is 6.04. The van der Waals surface area contributed by atoms with Crippen molar-refractivity contribution in [2.24, 2.45) is 0 Å². The molecule has 1 amide bonds. The first-order valence-corrected chi connectivity index (χ1v) is 7.97. The average Bonchev–Trinajstić information content (AvgIpc) is 3.07. The lowest BCUT2D eigenvalue weighted by atomic mass is 10.1. The minimum atomic E-state index is -0.923. The van der Waals surface area contributed by atoms with Crippen LogP contribution in [-0.4, -0.2) is 20.3 Å². The molecule has 8 heteroatoms. The van der Waals surface area contributed by atoms with E-state index in [1.54, 1.807) is 41.2 Å². The molecule has 0 aliphatic heterocycles. The number of rotatable bonds is 3. The van der Waals surface area contributed by atoms with Gasteiger partial charge < -0.3 is 11.1 Å². The summed E-state index contributed by atoms with van der Waals surface area (Å²) in [5.74, 6) is -2.03. The number of hydrogen-bond donors (Lipinski definition) is 2. The second-order valence-electron chi connectivity index (χ2n) is 5.81. The van der Waals surface area contributed by atoms with E-state index in [0.717, 1.165) is 23.4 Å². The normalized spacial score (nSPS) is 10.9. The molecule has 134 valence electrons. The molecule has 2 heterocycles. The summed E-state index contributed by atoms with van der Waals surface area (Å²) in [5.41, 5.74) is 8.08. The molecule has 0 saturated carbocycles. The van der Waals surface area contributed by atoms with Crippen molar-refractivity contribution in [1.29, 1.82) is 0 Å². The molecule has 2 aromatic carbocycles. The van der Waals surface area contributed by atoms with Gasteiger partial charge in [-0.25, -0.2) is 18.7 Å². The van der Waals surface area contributed by atoms with Crippen LogP contribution in [0.5, 0.6) is 0 Å². The molecule has 0 unspecified atom stereocenters. The van der Waals surface area contributed by atoms with E-state index in [1.807, 2.05) is 6.07 Å². The molecule has 6 nitrogen and oxygen atoms in total. The molecule has 4 aromatic rings. The maximum atomic E-state index is 13.8. The third-order valence-corrected chi connectivity index (χ3v) is 4.05. The number of aromatic nitrogens is 3. The van der Waals surface area contributed by atoms with Crippen LogP contribution in [0, 0.1) is 11.6 Å². The Balaban J connectivity index is 1.66. The number of carbonyl (C=O) groups is 1. The van der Waals surface area contributed by atoms with Crippen molar-refractivity contribution in [2.45, 2.75) is 0 Å². The number of anilines is 2. The second kappa shape index (κ2) is 6.49. The van der Waals surface area contributed by atoms with E-state index in [2.05, 4.69) is 15.3 Å². The Morgan fingerprint density at radius 3 is 2.78 bits per heavy atom. The summed E-state index contributed by atoms with van der Waals surface area (Å²) in [6.07, 6.45) is 4.94. The highest BCUT2D eigenvalue weighted by atomic mass is 19.1. The lowest BCUT2D eigenvalue weighted by Gasteiger charge is -2.08. The Morgan fingerprint density at radius 1 is 1.11 bits per heavy atom. The number of fused-ring (bicyclic) bond motifs is 1. The third kappa shape index (κ3) is 3.08. The Bertz CT molecular complexity index is 1170. The lowest BCUT2D eigenvalue weighted by Crippen LogP contribution is -2.14. The number of nitrogen functional groups attached to an aromatic ring is 1. The van der Waals surface area contributed by atoms with Crippen LogP contribution in [0.2, 0.25) is 0 Å². The summed E-state index contributed by atoms with van der Waals surface area (Å²) < 4.78 is 28.6. The smallest absolute Gasteiger partial charge is 0.258 e. The van der Waals surface area contributed by atoms with Crippen LogP contribution < -0.4 is 11.1 Å². The van der Waals surface area contributed by atoms with Crippen LogP contribution >= 0.6 is 0 Å². The number of nitrogens with zero attached hydrogens (tertiary/aromatic N) is 3. The van der Waals surface area contributed by atoms with Gasteiger partial charge >= 0.3 is 0 Å². The quantitative estimate of drug-likeness (QED) is 0.582. The van der Waals surface area contributed by atoms with Crippen molar-refractivity contribution in [2.75, 3.05) is 11.1 Å². The number of imidazole rings is 1. The van der Waals surface area contributed by atoms with Gasteiger partial charge in [-0.05, 0) is 24.3 Å². The highest BCUT2D eigenvalue weighted by Gasteiger charge is 2.14. The number of benzene rings is 2. The van der Waals surface area contributed by atoms with Gasteiger partial charge in [0.15, 0.2) is 11.5 Å². The Kier molecular flexibility index (Phi) is 4.00. The monoisotopic (exact) mass is 365 g/mol. The SMILES string of the molecule is Nc1nccn2c(-c3cccc(NC(=O)c4ccc(F)cc4F)c3)cnc12. The molecular weight excluding hydrogens is 352 g/mol. The topological polar surface area (TPSA) is 85.3 Å². The number of carbonyl (C=O) groups excluding carboxylic acids is 1. The summed E-state index contributed by atoms with van der Waals surface area (Å²) in [7, 11) is 0. The van der Waals surface area contributed by atoms with E-state index in [4.69, 9.17) is 5.73 Å². The van der Waals surface area contributed by atoms with Gasteiger partial charge in [-0.3, -0.25) is 9.20 Å². The van der Waals surface area contributed by atoms with Crippen molar-refractivity contribution < 1.29 is 13.6 Å². The number of amides is 1. The molecule has 3 N–H and O–H groups in total. The van der Waals surface area contributed by atoms with Crippen molar-refractivity contribution in [3.63, 3.8) is 0 Å². The minimum absolute atomic E-state index is 0.240. The first kappa shape index (κ1) is 16.6. The van der Waals surface area contributed by atoms with Gasteiger partial charge in [0, 0.05) is 29.7 Å². The van der Waals surface area contributed by atoms with Gasteiger partial charge in [-0.15, -0.1) is 0 Å². The number of halogens is 2. The van der Waals surface area contributed by atoms with Crippen LogP contribution in [0.25, 0.3) is 16.9 Å². The Hall–Kier alpha value is -3.81. The van der Waals surface area contributed by atoms with Gasteiger partial charge in [0.2, 0.25) is 0 Å². The van der Waals surface area contributed by atoms with Gasteiger partial charge in [-0.2, -0.15) is 0 Å². The summed E-state index contributed by atoms with van der Waals surface area (Å²) in [4.78, 5) is 20.5. The Labute approximate surface area is 152 Å². The van der Waals surface area contributed by atoms with Crippen LogP contribution in [0.15, 0.2) is 61.1 Å². The average molecular weight is 365 g/mol. The predicted molar refractivity (Wildman–Crippen MR) is 97.1 cm³/mol. The van der Waals surface area contributed by atoms with Gasteiger partial charge in [0.1, 0.15) is 11.6 Å². The van der Waals surface area contributed by atoms with Crippen molar-refractivity contribution >= 4 is 23.1 Å². The first-order chi connectivity index (χ1) is 13.0. The third-order valence-electron chi connectivity index (χ3n) is 4.05. The summed E-state index contributed by atoms with van der Waals surface area (Å²) in [6.45, 7) is 0. The molecule has 0 aliphatic rings. The predicted octanol–water partition coefficient (Wildman–Crippen LogP) is 3.51. The molecule has 27 heavy (non-hydrogen) atoms. The largest absolute Gasteiger partial charge is 0.381 e. The fourth-order valence-corrected chi connectivity index (χ4v) is 2.78. The van der Waals surface area contributed by atoms with Crippen molar-refractivity contribution in [1.82, 2.24) is 14.4 Å². The van der Waals surface area contributed by atoms with Crippen LogP contribution in [0.3, 0.4) is 0 Å². The minimum Gasteiger partial charge on any atom is -0.381 e. The van der Waals surface area contributed by atoms with Crippen LogP contribution in [-0.2, 0) is 0 Å². The fraction of sp³-hybridized carbons (Fsp3) is 0. The van der Waals surface area contributed by atoms with Crippen LogP contribution in [0.4, 0.5) is 20.3 Å². The Morgan fingerprint density at radius 2 is 1.96 bits per heavy atom. The molecule has 0 spiro atoms. The molecule has 0 aliphatic carbocycles. The van der Waals surface area contributed by atoms with Crippen LogP contribution in [0.1, 0.15) is 10.4 Å². The number of hydrogen-bond acceptors (Lipinski definition) is 4. The lowest BCUT2D eigenvalue weighted by molar-refractivity contribution is 0.102. The molecule has 0 saturated heterocycles. The van der Waals surface area contributed by atoms with Crippen molar-refractivity contribution in [3.05, 3.63) is 78.3 Å². The molecule has 0 atom stereocenters. The van der Waals surface area contributed by atoms with Gasteiger partial charge in [0.05, 0.1) is 17.5 Å². The number of nitrogens with one attached hydrogen (secondary N) is 1. The van der Waals surface area contributed by atoms with E-state index in [0.29, 0.717) is 23.2 Å². The standard InChI is InChI=1S/C19H13F2N5O/c20-12-4-5-14(15(21)9-12)19(27)25-13-3-1-2-11(8-13)16-10-24-18-17(22)23-6-7-26(16)18/h1-10H,(H2,22,23)(H,25,27). The zero-order valence-electron chi connectivity index (χ0n) is 13.9. The second-order valence-corrected chi connectivity index (χ2v) is 5.81. The maximum Gasteiger partial charge on any atom is 0.258 e. The fourth-order valence-electron chi connectivity index (χ4n) is 2.78. The molecule has 0 fully saturated rings. The zero-order chi connectivity index (χ0) is 19.0. The van der Waals surface area contributed by atoms with Crippen molar-refractivity contribution in [3.8, 4) is 11.3 Å². The molecule has 0 radical (unpaired) electrons. The summed E-state index contributed by atoms with van der Waals surface area (Å²) in [6, 6.07) is 9.78. The molecular formula is C19H13F2N5O. The van der Waals surface area contributed by atoms with E-state index in [9.17, 15) is 13.6 Å². The highest BCUT2D eigenvalue weighted by Crippen LogP contribution is 2.25. The summed E-state index contributed by atoms with van der Waals surface area (Å²) >= 11 is 0. The first-order valence-electron chi connectivity index (χ1n) is 7.97. The zero-order valence-corrected chi connectivity index (χ0v) is 13.9. The van der Waals surface area contributed by atoms with E-state index in [-0.39, 0.29) is 5.56 Å². The summed E-state index contributed by atoms with van der Waals surface area (Å²) in [5, 5.41) is 2.61. The van der Waals surface area contributed by atoms with E-state index < -0.39 is 17.5 Å². The number of nitrogens with two attached hydrogens (primary N) is 1. The molecule has 0 bridgehead atoms. The van der Waals surface area contributed by atoms with E-state index >= 15 is 0 Å².